The van der Waals surface area contributed by atoms with Gasteiger partial charge in [0.25, 0.3) is 11.8 Å². The van der Waals surface area contributed by atoms with Gasteiger partial charge in [-0.05, 0) is 160 Å². The summed E-state index contributed by atoms with van der Waals surface area (Å²) in [7, 11) is 1.56. The minimum absolute atomic E-state index is 0. The van der Waals surface area contributed by atoms with Gasteiger partial charge in [0.1, 0.15) is 0 Å². The van der Waals surface area contributed by atoms with Gasteiger partial charge in [-0.25, -0.2) is 0 Å². The van der Waals surface area contributed by atoms with Crippen molar-refractivity contribution in [1.82, 2.24) is 29.8 Å². The summed E-state index contributed by atoms with van der Waals surface area (Å²) in [6.07, 6.45) is 14.7. The molecule has 1 aromatic carbocycles. The van der Waals surface area contributed by atoms with Crippen LogP contribution in [-0.2, 0) is 28.8 Å². The van der Waals surface area contributed by atoms with Crippen LogP contribution < -0.4 is 5.32 Å². The van der Waals surface area contributed by atoms with E-state index in [4.69, 9.17) is 0 Å². The topological polar surface area (TPSA) is 131 Å². The van der Waals surface area contributed by atoms with Crippen molar-refractivity contribution in [3.05, 3.63) is 86.5 Å². The van der Waals surface area contributed by atoms with Crippen LogP contribution in [0.1, 0.15) is 167 Å². The molecule has 5 fully saturated rings. The molecule has 0 radical (unpaired) electrons. The normalized spacial score (nSPS) is 19.7. The third-order valence-corrected chi connectivity index (χ3v) is 15.2. The minimum Gasteiger partial charge on any atom is -0.356 e. The fourth-order valence-corrected chi connectivity index (χ4v) is 9.98. The van der Waals surface area contributed by atoms with Crippen molar-refractivity contribution in [1.29, 1.82) is 0 Å². The molecule has 5 aliphatic rings. The van der Waals surface area contributed by atoms with Crippen molar-refractivity contribution in [2.45, 2.75) is 174 Å². The van der Waals surface area contributed by atoms with Gasteiger partial charge in [0, 0.05) is 71.5 Å². The Hall–Kier alpha value is -5.88. The van der Waals surface area contributed by atoms with Crippen molar-refractivity contribution >= 4 is 35.4 Å². The fraction of sp³-hybridized carbons (Fsp3) is 0.642. The van der Waals surface area contributed by atoms with Crippen LogP contribution in [0, 0.1) is 71.0 Å². The molecule has 0 aromatic heterocycles. The molecule has 0 spiro atoms. The summed E-state index contributed by atoms with van der Waals surface area (Å²) in [5.41, 5.74) is 1.41. The molecule has 5 saturated heterocycles. The maximum Gasteiger partial charge on any atom is 0.298 e. The number of carbonyl (C=O) groups is 6. The molecular formula is C67H110N6O6. The van der Waals surface area contributed by atoms with Gasteiger partial charge in [-0.3, -0.25) is 28.8 Å². The summed E-state index contributed by atoms with van der Waals surface area (Å²) >= 11 is 0. The molecule has 1 N–H and O–H groups in total. The second-order valence-electron chi connectivity index (χ2n) is 22.7. The van der Waals surface area contributed by atoms with E-state index >= 15 is 0 Å². The van der Waals surface area contributed by atoms with Crippen molar-refractivity contribution < 1.29 is 28.8 Å². The van der Waals surface area contributed by atoms with Crippen molar-refractivity contribution in [3.8, 4) is 23.7 Å². The summed E-state index contributed by atoms with van der Waals surface area (Å²) in [5.74, 6) is 16.5. The number of benzene rings is 1. The molecular weight excluding hydrogens is 985 g/mol. The zero-order chi connectivity index (χ0) is 59.5. The number of amides is 6. The van der Waals surface area contributed by atoms with Gasteiger partial charge in [0.2, 0.25) is 23.6 Å². The fourth-order valence-electron chi connectivity index (χ4n) is 9.98. The summed E-state index contributed by atoms with van der Waals surface area (Å²) in [4.78, 5) is 76.2. The van der Waals surface area contributed by atoms with Crippen LogP contribution in [0.3, 0.4) is 0 Å². The highest BCUT2D eigenvalue weighted by molar-refractivity contribution is 5.94. The standard InChI is InChI=1S/C11H19NO.2C11H17NO.2C10H17NO.C9H12.C4H7NO.CH4/c1-4-11(13)12-7-5-6-10(8-12)9(2)3;1-4-6-11(13)12-8-5-7-10(12)9(2)3;1-4-5-11(13)12-7-6-10(8-12)9(2)3;1-4-10(12)11-6-5-9(7-11)8(2)3;1-4-10(12)11-7-5-6-9(11)8(2)3;1-8(2)9-6-4-3-5-7-9;1-3-4(6)5-2;/h4,9-10H,1,5-8H2,2-3H3;9-10H,5,7-8H2,1-3H3;9-10H,6-8H2,1-3H3;2*4,8-9H,1,5-7H2,2-3H3;3-8H,1-2H3;3H,1H2,2H3,(H,5,6);1H4. The van der Waals surface area contributed by atoms with E-state index in [-0.39, 0.29) is 42.9 Å². The second kappa shape index (κ2) is 42.1. The monoisotopic (exact) mass is 1090 g/mol. The van der Waals surface area contributed by atoms with Gasteiger partial charge in [0.15, 0.2) is 0 Å². The number of rotatable bonds is 10. The first-order valence-corrected chi connectivity index (χ1v) is 29.0. The van der Waals surface area contributed by atoms with Gasteiger partial charge in [0.05, 0.1) is 0 Å². The largest absolute Gasteiger partial charge is 0.356 e. The quantitative estimate of drug-likeness (QED) is 0.183. The molecule has 0 saturated carbocycles. The lowest BCUT2D eigenvalue weighted by Crippen LogP contribution is -2.40. The Morgan fingerprint density at radius 1 is 0.494 bits per heavy atom. The Labute approximate surface area is 482 Å². The summed E-state index contributed by atoms with van der Waals surface area (Å²) in [6.45, 7) is 50.7. The van der Waals surface area contributed by atoms with Gasteiger partial charge < -0.3 is 29.8 Å². The Morgan fingerprint density at radius 3 is 1.25 bits per heavy atom. The number of likely N-dealkylation sites (tertiary alicyclic amines) is 5. The molecule has 12 nitrogen and oxygen atoms in total. The van der Waals surface area contributed by atoms with E-state index in [0.29, 0.717) is 65.3 Å². The van der Waals surface area contributed by atoms with Crippen LogP contribution in [0.2, 0.25) is 0 Å². The van der Waals surface area contributed by atoms with Crippen LogP contribution in [0.15, 0.2) is 81.0 Å². The van der Waals surface area contributed by atoms with Crippen LogP contribution in [0.5, 0.6) is 0 Å². The van der Waals surface area contributed by atoms with Gasteiger partial charge in [-0.15, -0.1) is 0 Å². The van der Waals surface area contributed by atoms with E-state index in [1.165, 1.54) is 36.3 Å². The number of hydrogen-bond donors (Lipinski definition) is 1. The first kappa shape index (κ1) is 75.2. The molecule has 0 bridgehead atoms. The number of hydrogen-bond acceptors (Lipinski definition) is 6. The summed E-state index contributed by atoms with van der Waals surface area (Å²) in [5, 5.41) is 2.36. The Morgan fingerprint density at radius 2 is 0.886 bits per heavy atom. The maximum atomic E-state index is 11.5. The van der Waals surface area contributed by atoms with Crippen LogP contribution in [-0.4, -0.2) is 131 Å². The lowest BCUT2D eigenvalue weighted by atomic mass is 9.88. The highest BCUT2D eigenvalue weighted by Gasteiger charge is 2.31. The Bertz CT molecular complexity index is 2120. The molecule has 5 unspecified atom stereocenters. The average molecular weight is 1100 g/mol. The summed E-state index contributed by atoms with van der Waals surface area (Å²) in [6, 6.07) is 11.4. The zero-order valence-corrected chi connectivity index (χ0v) is 51.4. The molecule has 12 heteroatoms. The van der Waals surface area contributed by atoms with Gasteiger partial charge in [-0.2, -0.15) is 0 Å². The Balaban J connectivity index is 0. The van der Waals surface area contributed by atoms with Crippen LogP contribution in [0.25, 0.3) is 0 Å². The van der Waals surface area contributed by atoms with Gasteiger partial charge in [-0.1, -0.05) is 159 Å². The first-order valence-electron chi connectivity index (χ1n) is 29.0. The van der Waals surface area contributed by atoms with Crippen LogP contribution in [0.4, 0.5) is 0 Å². The molecule has 6 amide bonds. The van der Waals surface area contributed by atoms with Crippen LogP contribution >= 0.6 is 0 Å². The lowest BCUT2D eigenvalue weighted by molar-refractivity contribution is -0.128. The number of nitrogens with zero attached hydrogens (tertiary/aromatic N) is 5. The third kappa shape index (κ3) is 29.2. The van der Waals surface area contributed by atoms with E-state index in [1.807, 2.05) is 30.6 Å². The third-order valence-electron chi connectivity index (χ3n) is 15.2. The van der Waals surface area contributed by atoms with Gasteiger partial charge >= 0.3 is 0 Å². The molecule has 0 aliphatic carbocycles. The van der Waals surface area contributed by atoms with E-state index in [1.54, 1.807) is 20.9 Å². The number of likely N-dealkylation sites (N-methyl/N-ethyl adjacent to an activating group) is 1. The zero-order valence-electron chi connectivity index (χ0n) is 51.4. The number of carbonyl (C=O) groups excluding carboxylic acids is 6. The number of piperidine rings is 1. The Kier molecular flexibility index (Phi) is 40.0. The highest BCUT2D eigenvalue weighted by Crippen LogP contribution is 2.27. The molecule has 79 heavy (non-hydrogen) atoms. The predicted molar refractivity (Wildman–Crippen MR) is 331 cm³/mol. The molecule has 5 atom stereocenters. The predicted octanol–water partition coefficient (Wildman–Crippen LogP) is 12.1. The minimum atomic E-state index is -0.144. The van der Waals surface area contributed by atoms with Crippen molar-refractivity contribution in [2.24, 2.45) is 47.3 Å². The average Bonchev–Trinajstić information content (AvgIpc) is 4.30. The maximum absolute atomic E-state index is 11.5. The van der Waals surface area contributed by atoms with E-state index < -0.39 is 0 Å². The summed E-state index contributed by atoms with van der Waals surface area (Å²) < 4.78 is 0. The second-order valence-corrected chi connectivity index (χ2v) is 22.7. The SMILES string of the molecule is C.C=CC(=O)N1CCC(C(C)C)C1.C=CC(=O)N1CCCC(C(C)C)C1.C=CC(=O)N1CCCC1C(C)C.C=CC(=O)NC.CC#CC(=O)N1CCC(C(C)C)C1.CC#CC(=O)N1CCCC1C(C)C.CC(C)c1ccccc1. The lowest BCUT2D eigenvalue weighted by Gasteiger charge is -2.34. The van der Waals surface area contributed by atoms with E-state index in [2.05, 4.69) is 163 Å². The van der Waals surface area contributed by atoms with Crippen molar-refractivity contribution in [2.75, 3.05) is 59.4 Å². The molecule has 6 rings (SSSR count). The van der Waals surface area contributed by atoms with E-state index in [9.17, 15) is 28.8 Å². The first-order chi connectivity index (χ1) is 36.9. The van der Waals surface area contributed by atoms with E-state index in [0.717, 1.165) is 97.3 Å². The molecule has 5 aliphatic heterocycles. The molecule has 444 valence electrons. The molecule has 5 heterocycles. The van der Waals surface area contributed by atoms with Crippen molar-refractivity contribution in [3.63, 3.8) is 0 Å². The smallest absolute Gasteiger partial charge is 0.298 e. The number of nitrogens with one attached hydrogen (secondary N) is 1. The molecule has 1 aromatic rings. The highest BCUT2D eigenvalue weighted by atomic mass is 16.2.